The Morgan fingerprint density at radius 2 is 2.24 bits per heavy atom. The summed E-state index contributed by atoms with van der Waals surface area (Å²) in [5.41, 5.74) is 1.09. The van der Waals surface area contributed by atoms with Crippen molar-refractivity contribution >= 4 is 41.3 Å². The second-order valence-electron chi connectivity index (χ2n) is 6.17. The topological polar surface area (TPSA) is 59.0 Å². The third-order valence-electron chi connectivity index (χ3n) is 4.08. The first-order valence-corrected chi connectivity index (χ1v) is 9.55. The lowest BCUT2D eigenvalue weighted by molar-refractivity contribution is 0.0203. The van der Waals surface area contributed by atoms with Gasteiger partial charge in [-0.25, -0.2) is 4.98 Å². The van der Waals surface area contributed by atoms with Gasteiger partial charge in [-0.05, 0) is 32.1 Å². The molecule has 25 heavy (non-hydrogen) atoms. The summed E-state index contributed by atoms with van der Waals surface area (Å²) in [4.78, 5) is 10.9. The molecule has 1 N–H and O–H groups in total. The molecule has 1 aliphatic rings. The summed E-state index contributed by atoms with van der Waals surface area (Å²) < 4.78 is 11.2. The predicted molar refractivity (Wildman–Crippen MR) is 114 cm³/mol. The van der Waals surface area contributed by atoms with E-state index in [1.807, 2.05) is 21.0 Å². The van der Waals surface area contributed by atoms with Crippen molar-refractivity contribution in [2.45, 2.75) is 32.7 Å². The van der Waals surface area contributed by atoms with Crippen LogP contribution in [0.4, 0.5) is 0 Å². The maximum Gasteiger partial charge on any atom is 0.193 e. The molecule has 0 saturated carbocycles. The Balaban J connectivity index is 0.00000312. The zero-order valence-corrected chi connectivity index (χ0v) is 18.6. The van der Waals surface area contributed by atoms with Crippen molar-refractivity contribution in [2.75, 3.05) is 47.1 Å². The van der Waals surface area contributed by atoms with Crippen molar-refractivity contribution in [3.05, 3.63) is 16.1 Å². The van der Waals surface area contributed by atoms with Crippen LogP contribution in [-0.4, -0.2) is 62.9 Å². The van der Waals surface area contributed by atoms with Crippen LogP contribution < -0.4 is 5.32 Å². The van der Waals surface area contributed by atoms with Crippen LogP contribution in [0.25, 0.3) is 0 Å². The predicted octanol–water partition coefficient (Wildman–Crippen LogP) is 2.91. The van der Waals surface area contributed by atoms with E-state index in [0.717, 1.165) is 75.4 Å². The molecule has 0 bridgehead atoms. The number of nitrogens with one attached hydrogen (secondary N) is 1. The molecule has 1 aliphatic heterocycles. The lowest BCUT2D eigenvalue weighted by atomic mass is 10.0. The number of halogens is 1. The number of nitrogens with zero attached hydrogens (tertiary/aromatic N) is 3. The van der Waals surface area contributed by atoms with Crippen LogP contribution in [0.3, 0.4) is 0 Å². The number of hydrogen-bond acceptors (Lipinski definition) is 5. The Kier molecular flexibility index (Phi) is 11.6. The average molecular weight is 482 g/mol. The second kappa shape index (κ2) is 12.8. The molecular formula is C17H31IN4O2S. The highest BCUT2D eigenvalue weighted by atomic mass is 127. The number of aryl methyl sites for hydroxylation is 1. The normalized spacial score (nSPS) is 15.7. The Morgan fingerprint density at radius 3 is 2.88 bits per heavy atom. The van der Waals surface area contributed by atoms with Crippen LogP contribution in [-0.2, 0) is 16.0 Å². The summed E-state index contributed by atoms with van der Waals surface area (Å²) >= 11 is 1.68. The first-order chi connectivity index (χ1) is 11.7. The third kappa shape index (κ3) is 8.65. The molecule has 1 fully saturated rings. The molecule has 6 nitrogen and oxygen atoms in total. The van der Waals surface area contributed by atoms with Crippen molar-refractivity contribution in [2.24, 2.45) is 10.9 Å². The van der Waals surface area contributed by atoms with Gasteiger partial charge < -0.3 is 19.7 Å². The van der Waals surface area contributed by atoms with Crippen LogP contribution in [0.15, 0.2) is 10.4 Å². The molecular weight excluding hydrogens is 451 g/mol. The van der Waals surface area contributed by atoms with Crippen molar-refractivity contribution in [3.63, 3.8) is 0 Å². The van der Waals surface area contributed by atoms with Crippen molar-refractivity contribution in [1.29, 1.82) is 0 Å². The van der Waals surface area contributed by atoms with E-state index in [4.69, 9.17) is 9.47 Å². The van der Waals surface area contributed by atoms with Gasteiger partial charge >= 0.3 is 0 Å². The molecule has 144 valence electrons. The number of hydrogen-bond donors (Lipinski definition) is 1. The van der Waals surface area contributed by atoms with Crippen LogP contribution in [0.5, 0.6) is 0 Å². The van der Waals surface area contributed by atoms with Gasteiger partial charge in [0.05, 0.1) is 17.2 Å². The van der Waals surface area contributed by atoms with Crippen LogP contribution in [0.1, 0.15) is 30.0 Å². The van der Waals surface area contributed by atoms with Crippen LogP contribution in [0.2, 0.25) is 0 Å². The van der Waals surface area contributed by atoms with Crippen molar-refractivity contribution in [1.82, 2.24) is 15.2 Å². The molecule has 2 rings (SSSR count). The number of aromatic nitrogens is 1. The largest absolute Gasteiger partial charge is 0.381 e. The van der Waals surface area contributed by atoms with Gasteiger partial charge in [-0.1, -0.05) is 0 Å². The highest BCUT2D eigenvalue weighted by Gasteiger charge is 2.13. The van der Waals surface area contributed by atoms with E-state index < -0.39 is 0 Å². The minimum Gasteiger partial charge on any atom is -0.381 e. The van der Waals surface area contributed by atoms with Gasteiger partial charge in [0, 0.05) is 52.4 Å². The van der Waals surface area contributed by atoms with E-state index in [9.17, 15) is 0 Å². The number of thiazole rings is 1. The maximum atomic E-state index is 5.79. The molecule has 0 spiro atoms. The minimum atomic E-state index is 0. The highest BCUT2D eigenvalue weighted by Crippen LogP contribution is 2.14. The summed E-state index contributed by atoms with van der Waals surface area (Å²) in [6, 6.07) is 0. The second-order valence-corrected chi connectivity index (χ2v) is 7.23. The molecule has 1 saturated heterocycles. The standard InChI is InChI=1S/C17H30N4O2S.HI/c1-14-20-16(13-24-14)11-21(3)17(18-2)19-7-4-8-23-12-15-5-9-22-10-6-15;/h13,15H,4-12H2,1-3H3,(H,18,19);1H. The molecule has 2 heterocycles. The number of rotatable bonds is 8. The Bertz CT molecular complexity index is 507. The molecule has 0 atom stereocenters. The van der Waals surface area contributed by atoms with E-state index in [0.29, 0.717) is 5.92 Å². The van der Waals surface area contributed by atoms with E-state index in [1.54, 1.807) is 11.3 Å². The van der Waals surface area contributed by atoms with Gasteiger partial charge in [0.25, 0.3) is 0 Å². The minimum absolute atomic E-state index is 0. The molecule has 0 radical (unpaired) electrons. The molecule has 0 aromatic carbocycles. The first-order valence-electron chi connectivity index (χ1n) is 8.67. The summed E-state index contributed by atoms with van der Waals surface area (Å²) in [7, 11) is 3.85. The van der Waals surface area contributed by atoms with E-state index in [1.165, 1.54) is 0 Å². The molecule has 8 heteroatoms. The van der Waals surface area contributed by atoms with Crippen LogP contribution >= 0.6 is 35.3 Å². The average Bonchev–Trinajstić information content (AvgIpc) is 3.00. The molecule has 0 amide bonds. The summed E-state index contributed by atoms with van der Waals surface area (Å²) in [5, 5.41) is 6.59. The summed E-state index contributed by atoms with van der Waals surface area (Å²) in [6.45, 7) is 7.08. The Hall–Kier alpha value is -0.450. The number of guanidine groups is 1. The zero-order valence-electron chi connectivity index (χ0n) is 15.5. The Labute approximate surface area is 172 Å². The van der Waals surface area contributed by atoms with E-state index >= 15 is 0 Å². The van der Waals surface area contributed by atoms with Gasteiger partial charge in [-0.2, -0.15) is 0 Å². The number of aliphatic imine (C=N–C) groups is 1. The van der Waals surface area contributed by atoms with Gasteiger partial charge in [-0.3, -0.25) is 4.99 Å². The fourth-order valence-electron chi connectivity index (χ4n) is 2.72. The molecule has 1 aromatic rings. The smallest absolute Gasteiger partial charge is 0.193 e. The van der Waals surface area contributed by atoms with Gasteiger partial charge in [0.15, 0.2) is 5.96 Å². The Morgan fingerprint density at radius 1 is 1.48 bits per heavy atom. The van der Waals surface area contributed by atoms with Crippen molar-refractivity contribution in [3.8, 4) is 0 Å². The van der Waals surface area contributed by atoms with E-state index in [-0.39, 0.29) is 24.0 Å². The molecule has 1 aromatic heterocycles. The fraction of sp³-hybridized carbons (Fsp3) is 0.765. The SMILES string of the molecule is CN=C(NCCCOCC1CCOCC1)N(C)Cc1csc(C)n1.I. The quantitative estimate of drug-likeness (QED) is 0.267. The summed E-state index contributed by atoms with van der Waals surface area (Å²) in [6.07, 6.45) is 3.24. The van der Waals surface area contributed by atoms with Gasteiger partial charge in [0.2, 0.25) is 0 Å². The van der Waals surface area contributed by atoms with Gasteiger partial charge in [-0.15, -0.1) is 35.3 Å². The monoisotopic (exact) mass is 482 g/mol. The first kappa shape index (κ1) is 22.6. The van der Waals surface area contributed by atoms with Gasteiger partial charge in [0.1, 0.15) is 0 Å². The lowest BCUT2D eigenvalue weighted by Gasteiger charge is -2.22. The number of ether oxygens (including phenoxy) is 2. The zero-order chi connectivity index (χ0) is 17.2. The van der Waals surface area contributed by atoms with Crippen LogP contribution in [0, 0.1) is 12.8 Å². The summed E-state index contributed by atoms with van der Waals surface area (Å²) in [5.74, 6) is 1.57. The molecule has 0 aliphatic carbocycles. The highest BCUT2D eigenvalue weighted by molar-refractivity contribution is 14.0. The molecule has 0 unspecified atom stereocenters. The lowest BCUT2D eigenvalue weighted by Crippen LogP contribution is -2.39. The van der Waals surface area contributed by atoms with Crippen molar-refractivity contribution < 1.29 is 9.47 Å². The fourth-order valence-corrected chi connectivity index (χ4v) is 3.32. The maximum absolute atomic E-state index is 5.79. The van der Waals surface area contributed by atoms with E-state index in [2.05, 4.69) is 25.6 Å². The third-order valence-corrected chi connectivity index (χ3v) is 4.90.